The fourth-order valence-corrected chi connectivity index (χ4v) is 2.35. The summed E-state index contributed by atoms with van der Waals surface area (Å²) in [6.07, 6.45) is 4.88. The normalized spacial score (nSPS) is 11.5. The maximum absolute atomic E-state index is 12.9. The zero-order chi connectivity index (χ0) is 18.3. The first-order valence-corrected chi connectivity index (χ1v) is 7.89. The van der Waals surface area contributed by atoms with Crippen molar-refractivity contribution in [2.75, 3.05) is 6.54 Å². The van der Waals surface area contributed by atoms with E-state index in [0.717, 1.165) is 5.56 Å². The Morgan fingerprint density at radius 3 is 2.56 bits per heavy atom. The van der Waals surface area contributed by atoms with Crippen molar-refractivity contribution in [1.82, 2.24) is 10.6 Å². The van der Waals surface area contributed by atoms with Crippen LogP contribution in [0.4, 0.5) is 4.39 Å². The van der Waals surface area contributed by atoms with E-state index in [0.29, 0.717) is 12.2 Å². The van der Waals surface area contributed by atoms with Crippen LogP contribution in [-0.2, 0) is 16.0 Å². The van der Waals surface area contributed by atoms with Crippen LogP contribution in [0.15, 0.2) is 53.2 Å². The van der Waals surface area contributed by atoms with Crippen molar-refractivity contribution in [2.24, 2.45) is 0 Å². The highest BCUT2D eigenvalue weighted by Crippen LogP contribution is 2.13. The molecule has 1 aromatic heterocycles. The van der Waals surface area contributed by atoms with Crippen molar-refractivity contribution >= 4 is 17.9 Å². The molecule has 2 rings (SSSR count). The first kappa shape index (κ1) is 18.4. The number of nitrogens with one attached hydrogen (secondary N) is 2. The highest BCUT2D eigenvalue weighted by molar-refractivity contribution is 5.94. The van der Waals surface area contributed by atoms with Gasteiger partial charge in [0, 0.05) is 11.6 Å². The number of carbonyl (C=O) groups is 2. The summed E-state index contributed by atoms with van der Waals surface area (Å²) < 4.78 is 18.0. The number of hydrogen-bond acceptors (Lipinski definition) is 3. The van der Waals surface area contributed by atoms with Crippen molar-refractivity contribution in [2.45, 2.75) is 25.8 Å². The fraction of sp³-hybridized carbons (Fsp3) is 0.263. The summed E-state index contributed by atoms with van der Waals surface area (Å²) in [5, 5.41) is 5.36. The molecule has 0 aliphatic heterocycles. The van der Waals surface area contributed by atoms with Gasteiger partial charge in [-0.2, -0.15) is 0 Å². The van der Waals surface area contributed by atoms with Gasteiger partial charge in [-0.25, -0.2) is 4.39 Å². The highest BCUT2D eigenvalue weighted by atomic mass is 19.1. The van der Waals surface area contributed by atoms with Gasteiger partial charge in [-0.1, -0.05) is 12.1 Å². The van der Waals surface area contributed by atoms with Crippen molar-refractivity contribution in [3.63, 3.8) is 0 Å². The second-order valence-electron chi connectivity index (χ2n) is 6.30. The molecule has 2 N–H and O–H groups in total. The highest BCUT2D eigenvalue weighted by Gasteiger charge is 2.21. The second kappa shape index (κ2) is 8.28. The number of carbonyl (C=O) groups excluding carboxylic acids is 2. The lowest BCUT2D eigenvalue weighted by molar-refractivity contribution is -0.125. The lowest BCUT2D eigenvalue weighted by atomic mass is 9.95. The molecule has 5 nitrogen and oxygen atoms in total. The molecule has 0 aliphatic carbocycles. The Kier molecular flexibility index (Phi) is 6.11. The van der Waals surface area contributed by atoms with E-state index in [-0.39, 0.29) is 24.2 Å². The lowest BCUT2D eigenvalue weighted by Gasteiger charge is -2.26. The Balaban J connectivity index is 1.78. The van der Waals surface area contributed by atoms with Crippen LogP contribution in [0, 0.1) is 5.82 Å². The molecule has 2 aromatic rings. The molecular formula is C19H21FN2O3. The Labute approximate surface area is 145 Å². The van der Waals surface area contributed by atoms with Gasteiger partial charge < -0.3 is 15.1 Å². The summed E-state index contributed by atoms with van der Waals surface area (Å²) in [5.41, 5.74) is 0.390. The Bertz CT molecular complexity index is 735. The molecule has 0 saturated carbocycles. The third-order valence-electron chi connectivity index (χ3n) is 3.40. The maximum Gasteiger partial charge on any atom is 0.244 e. The molecule has 0 atom stereocenters. The van der Waals surface area contributed by atoms with E-state index in [1.807, 2.05) is 13.8 Å². The van der Waals surface area contributed by atoms with Crippen LogP contribution in [-0.4, -0.2) is 23.9 Å². The molecule has 6 heteroatoms. The van der Waals surface area contributed by atoms with Crippen LogP contribution in [0.3, 0.4) is 0 Å². The van der Waals surface area contributed by atoms with Gasteiger partial charge in [-0.3, -0.25) is 9.59 Å². The summed E-state index contributed by atoms with van der Waals surface area (Å²) in [6.45, 7) is 3.61. The Morgan fingerprint density at radius 1 is 1.20 bits per heavy atom. The van der Waals surface area contributed by atoms with E-state index in [1.54, 1.807) is 24.3 Å². The predicted octanol–water partition coefficient (Wildman–Crippen LogP) is 2.69. The molecule has 2 amide bonds. The largest absolute Gasteiger partial charge is 0.465 e. The van der Waals surface area contributed by atoms with Crippen LogP contribution in [0.1, 0.15) is 25.2 Å². The first-order valence-electron chi connectivity index (χ1n) is 7.89. The number of amides is 2. The number of halogens is 1. The zero-order valence-corrected chi connectivity index (χ0v) is 14.2. The zero-order valence-electron chi connectivity index (χ0n) is 14.2. The van der Waals surface area contributed by atoms with Crippen LogP contribution in [0.5, 0.6) is 0 Å². The molecule has 0 unspecified atom stereocenters. The van der Waals surface area contributed by atoms with Crippen molar-refractivity contribution in [3.8, 4) is 0 Å². The van der Waals surface area contributed by atoms with Gasteiger partial charge >= 0.3 is 0 Å². The molecule has 0 spiro atoms. The standard InChI is InChI=1S/C19H21FN2O3/c1-19(2,12-14-5-7-15(20)8-6-14)22-18(24)13-21-17(23)10-9-16-4-3-11-25-16/h3-11H,12-13H2,1-2H3,(H,21,23)(H,22,24). The molecule has 1 heterocycles. The predicted molar refractivity (Wildman–Crippen MR) is 93.1 cm³/mol. The molecule has 0 radical (unpaired) electrons. The summed E-state index contributed by atoms with van der Waals surface area (Å²) in [7, 11) is 0. The van der Waals surface area contributed by atoms with Gasteiger partial charge in [0.15, 0.2) is 0 Å². The molecule has 1 aromatic carbocycles. The smallest absolute Gasteiger partial charge is 0.244 e. The third kappa shape index (κ3) is 6.63. The quantitative estimate of drug-likeness (QED) is 0.759. The molecule has 0 fully saturated rings. The minimum atomic E-state index is -0.524. The molecular weight excluding hydrogens is 323 g/mol. The van der Waals surface area contributed by atoms with Gasteiger partial charge in [-0.05, 0) is 56.2 Å². The van der Waals surface area contributed by atoms with E-state index in [2.05, 4.69) is 10.6 Å². The van der Waals surface area contributed by atoms with E-state index < -0.39 is 5.54 Å². The van der Waals surface area contributed by atoms with Crippen LogP contribution >= 0.6 is 0 Å². The molecule has 0 aliphatic rings. The van der Waals surface area contributed by atoms with Gasteiger partial charge in [0.2, 0.25) is 11.8 Å². The molecule has 25 heavy (non-hydrogen) atoms. The van der Waals surface area contributed by atoms with E-state index in [4.69, 9.17) is 4.42 Å². The number of rotatable bonds is 7. The van der Waals surface area contributed by atoms with E-state index >= 15 is 0 Å². The van der Waals surface area contributed by atoms with Gasteiger partial charge in [-0.15, -0.1) is 0 Å². The number of furan rings is 1. The summed E-state index contributed by atoms with van der Waals surface area (Å²) in [4.78, 5) is 23.7. The minimum absolute atomic E-state index is 0.131. The fourth-order valence-electron chi connectivity index (χ4n) is 2.35. The summed E-state index contributed by atoms with van der Waals surface area (Å²) in [6, 6.07) is 9.58. The lowest BCUT2D eigenvalue weighted by Crippen LogP contribution is -2.48. The maximum atomic E-state index is 12.9. The topological polar surface area (TPSA) is 71.3 Å². The van der Waals surface area contributed by atoms with Crippen LogP contribution < -0.4 is 10.6 Å². The van der Waals surface area contributed by atoms with Crippen molar-refractivity contribution < 1.29 is 18.4 Å². The molecule has 132 valence electrons. The molecule has 0 saturated heterocycles. The van der Waals surface area contributed by atoms with Crippen LogP contribution in [0.25, 0.3) is 6.08 Å². The Morgan fingerprint density at radius 2 is 1.92 bits per heavy atom. The van der Waals surface area contributed by atoms with Gasteiger partial charge in [0.1, 0.15) is 11.6 Å². The average molecular weight is 344 g/mol. The van der Waals surface area contributed by atoms with Crippen molar-refractivity contribution in [3.05, 3.63) is 65.9 Å². The average Bonchev–Trinajstić information content (AvgIpc) is 3.06. The monoisotopic (exact) mass is 344 g/mol. The minimum Gasteiger partial charge on any atom is -0.465 e. The number of benzene rings is 1. The molecule has 0 bridgehead atoms. The van der Waals surface area contributed by atoms with Crippen molar-refractivity contribution in [1.29, 1.82) is 0 Å². The summed E-state index contributed by atoms with van der Waals surface area (Å²) in [5.74, 6) is -0.425. The van der Waals surface area contributed by atoms with E-state index in [9.17, 15) is 14.0 Å². The first-order chi connectivity index (χ1) is 11.8. The summed E-state index contributed by atoms with van der Waals surface area (Å²) >= 11 is 0. The number of hydrogen-bond donors (Lipinski definition) is 2. The third-order valence-corrected chi connectivity index (χ3v) is 3.40. The Hall–Kier alpha value is -2.89. The van der Waals surface area contributed by atoms with Crippen LogP contribution in [0.2, 0.25) is 0 Å². The van der Waals surface area contributed by atoms with E-state index in [1.165, 1.54) is 30.5 Å². The SMILES string of the molecule is CC(C)(Cc1ccc(F)cc1)NC(=O)CNC(=O)C=Cc1ccco1. The van der Waals surface area contributed by atoms with Gasteiger partial charge in [0.05, 0.1) is 12.8 Å². The second-order valence-corrected chi connectivity index (χ2v) is 6.30. The van der Waals surface area contributed by atoms with Gasteiger partial charge in [0.25, 0.3) is 0 Å².